The van der Waals surface area contributed by atoms with Gasteiger partial charge in [0.25, 0.3) is 11.7 Å². The van der Waals surface area contributed by atoms with Crippen molar-refractivity contribution in [3.63, 3.8) is 0 Å². The van der Waals surface area contributed by atoms with Crippen molar-refractivity contribution < 1.29 is 4.79 Å². The van der Waals surface area contributed by atoms with Crippen LogP contribution in [0, 0.1) is 20.8 Å². The lowest BCUT2D eigenvalue weighted by atomic mass is 10.2. The number of carbonyl (C=O) groups excluding carboxylic acids is 1. The number of azo groups is 1. The van der Waals surface area contributed by atoms with E-state index in [1.54, 1.807) is 18.3 Å². The highest BCUT2D eigenvalue weighted by Crippen LogP contribution is 2.28. The first-order chi connectivity index (χ1) is 14.0. The van der Waals surface area contributed by atoms with Crippen LogP contribution in [0.3, 0.4) is 0 Å². The number of aryl methyl sites for hydroxylation is 3. The van der Waals surface area contributed by atoms with Crippen LogP contribution in [0.25, 0.3) is 5.78 Å². The third-order valence-corrected chi connectivity index (χ3v) is 4.34. The minimum atomic E-state index is -0.439. The second-order valence-corrected chi connectivity index (χ2v) is 6.74. The molecule has 8 nitrogen and oxygen atoms in total. The molecule has 4 rings (SSSR count). The van der Waals surface area contributed by atoms with Crippen LogP contribution in [0.5, 0.6) is 0 Å². The van der Waals surface area contributed by atoms with E-state index in [0.717, 1.165) is 22.5 Å². The molecule has 2 aromatic carbocycles. The van der Waals surface area contributed by atoms with Gasteiger partial charge in [0.15, 0.2) is 0 Å². The van der Waals surface area contributed by atoms with Crippen molar-refractivity contribution in [1.82, 2.24) is 19.6 Å². The van der Waals surface area contributed by atoms with Crippen LogP contribution in [0.15, 0.2) is 65.0 Å². The quantitative estimate of drug-likeness (QED) is 0.514. The molecule has 0 unspecified atom stereocenters. The third kappa shape index (κ3) is 4.01. The topological polar surface area (TPSA) is 96.9 Å². The molecule has 2 heterocycles. The molecule has 29 heavy (non-hydrogen) atoms. The Morgan fingerprint density at radius 3 is 2.48 bits per heavy atom. The number of rotatable bonds is 4. The van der Waals surface area contributed by atoms with Crippen molar-refractivity contribution in [1.29, 1.82) is 0 Å². The summed E-state index contributed by atoms with van der Waals surface area (Å²) in [5, 5.41) is 15.7. The summed E-state index contributed by atoms with van der Waals surface area (Å²) in [6, 6.07) is 15.1. The normalized spacial score (nSPS) is 11.3. The van der Waals surface area contributed by atoms with Gasteiger partial charge in [0.2, 0.25) is 5.82 Å². The average Bonchev–Trinajstić information content (AvgIpc) is 3.15. The number of anilines is 1. The predicted octanol–water partition coefficient (Wildman–Crippen LogP) is 4.72. The van der Waals surface area contributed by atoms with Gasteiger partial charge in [0.05, 0.1) is 11.4 Å². The minimum absolute atomic E-state index is 0.0359. The summed E-state index contributed by atoms with van der Waals surface area (Å²) in [7, 11) is 0. The van der Waals surface area contributed by atoms with Gasteiger partial charge in [0.1, 0.15) is 5.69 Å². The highest BCUT2D eigenvalue weighted by Gasteiger charge is 2.16. The highest BCUT2D eigenvalue weighted by atomic mass is 16.2. The number of benzene rings is 2. The molecule has 4 aromatic rings. The van der Waals surface area contributed by atoms with E-state index in [1.165, 1.54) is 4.52 Å². The monoisotopic (exact) mass is 385 g/mol. The molecule has 0 aliphatic carbocycles. The van der Waals surface area contributed by atoms with E-state index in [4.69, 9.17) is 0 Å². The van der Waals surface area contributed by atoms with E-state index in [0.29, 0.717) is 17.2 Å². The molecule has 144 valence electrons. The molecule has 0 aliphatic heterocycles. The molecule has 0 radical (unpaired) electrons. The van der Waals surface area contributed by atoms with Crippen LogP contribution in [0.2, 0.25) is 0 Å². The lowest BCUT2D eigenvalue weighted by molar-refractivity contribution is 0.101. The molecule has 0 aliphatic rings. The summed E-state index contributed by atoms with van der Waals surface area (Å²) >= 11 is 0. The molecule has 0 saturated carbocycles. The fourth-order valence-electron chi connectivity index (χ4n) is 2.73. The highest BCUT2D eigenvalue weighted by molar-refractivity contribution is 6.03. The smallest absolute Gasteiger partial charge is 0.295 e. The molecule has 0 atom stereocenters. The number of hydrogen-bond acceptors (Lipinski definition) is 6. The first kappa shape index (κ1) is 18.4. The third-order valence-electron chi connectivity index (χ3n) is 4.34. The van der Waals surface area contributed by atoms with Crippen molar-refractivity contribution in [3.05, 3.63) is 77.4 Å². The van der Waals surface area contributed by atoms with Crippen LogP contribution in [-0.4, -0.2) is 25.5 Å². The Balaban J connectivity index is 1.61. The van der Waals surface area contributed by atoms with Gasteiger partial charge in [-0.05, 0) is 56.7 Å². The van der Waals surface area contributed by atoms with Crippen molar-refractivity contribution in [2.75, 3.05) is 5.32 Å². The Hall–Kier alpha value is -3.94. The largest absolute Gasteiger partial charge is 0.317 e. The van der Waals surface area contributed by atoms with Crippen molar-refractivity contribution in [3.8, 4) is 0 Å². The van der Waals surface area contributed by atoms with Crippen LogP contribution in [-0.2, 0) is 0 Å². The van der Waals surface area contributed by atoms with Gasteiger partial charge in [-0.15, -0.1) is 10.2 Å². The predicted molar refractivity (Wildman–Crippen MR) is 110 cm³/mol. The number of nitrogens with zero attached hydrogens (tertiary/aromatic N) is 6. The molecule has 2 aromatic heterocycles. The van der Waals surface area contributed by atoms with E-state index in [9.17, 15) is 4.79 Å². The summed E-state index contributed by atoms with van der Waals surface area (Å²) in [6.45, 7) is 5.84. The summed E-state index contributed by atoms with van der Waals surface area (Å²) in [6.07, 6.45) is 1.63. The van der Waals surface area contributed by atoms with E-state index < -0.39 is 5.91 Å². The molecular weight excluding hydrogens is 366 g/mol. The summed E-state index contributed by atoms with van der Waals surface area (Å²) in [5.74, 6) is -0.0299. The number of hydrogen-bond donors (Lipinski definition) is 1. The van der Waals surface area contributed by atoms with E-state index in [-0.39, 0.29) is 5.82 Å². The molecular formula is C21H19N7O. The van der Waals surface area contributed by atoms with E-state index >= 15 is 0 Å². The standard InChI is InChI=1S/C21H19N7O/c1-13-4-7-16(8-5-13)25-26-18-12-14(2)6-9-17(18)23-20(29)19-24-21-22-11-10-15(3)28(21)27-19/h4-12H,1-3H3,(H,23,29). The van der Waals surface area contributed by atoms with Gasteiger partial charge in [0, 0.05) is 11.9 Å². The van der Waals surface area contributed by atoms with Gasteiger partial charge >= 0.3 is 0 Å². The Morgan fingerprint density at radius 2 is 1.72 bits per heavy atom. The van der Waals surface area contributed by atoms with Crippen LogP contribution >= 0.6 is 0 Å². The molecule has 1 amide bonds. The van der Waals surface area contributed by atoms with Crippen LogP contribution < -0.4 is 5.32 Å². The average molecular weight is 385 g/mol. The maximum Gasteiger partial charge on any atom is 0.295 e. The fraction of sp³-hybridized carbons (Fsp3) is 0.143. The number of fused-ring (bicyclic) bond motifs is 1. The molecule has 8 heteroatoms. The Kier molecular flexibility index (Phi) is 4.82. The van der Waals surface area contributed by atoms with Gasteiger partial charge in [-0.2, -0.15) is 10.1 Å². The number of nitrogens with one attached hydrogen (secondary N) is 1. The zero-order valence-corrected chi connectivity index (χ0v) is 16.3. The molecule has 0 bridgehead atoms. The summed E-state index contributed by atoms with van der Waals surface area (Å²) in [4.78, 5) is 21.0. The van der Waals surface area contributed by atoms with Crippen molar-refractivity contribution >= 4 is 28.7 Å². The number of carbonyl (C=O) groups is 1. The second-order valence-electron chi connectivity index (χ2n) is 6.74. The lowest BCUT2D eigenvalue weighted by Crippen LogP contribution is -2.14. The number of aromatic nitrogens is 4. The fourth-order valence-corrected chi connectivity index (χ4v) is 2.73. The SMILES string of the molecule is Cc1ccc(N=Nc2cc(C)ccc2NC(=O)c2nc3nccc(C)n3n2)cc1. The van der Waals surface area contributed by atoms with Gasteiger partial charge in [-0.1, -0.05) is 23.8 Å². The molecule has 1 N–H and O–H groups in total. The summed E-state index contributed by atoms with van der Waals surface area (Å²) < 4.78 is 1.53. The van der Waals surface area contributed by atoms with Crippen LogP contribution in [0.1, 0.15) is 27.4 Å². The van der Waals surface area contributed by atoms with Crippen molar-refractivity contribution in [2.45, 2.75) is 20.8 Å². The van der Waals surface area contributed by atoms with Crippen LogP contribution in [0.4, 0.5) is 17.1 Å². The second kappa shape index (κ2) is 7.59. The zero-order valence-electron chi connectivity index (χ0n) is 16.3. The maximum atomic E-state index is 12.7. The van der Waals surface area contributed by atoms with Gasteiger partial charge in [-0.3, -0.25) is 4.79 Å². The Bertz CT molecular complexity index is 1230. The molecule has 0 saturated heterocycles. The Morgan fingerprint density at radius 1 is 0.966 bits per heavy atom. The van der Waals surface area contributed by atoms with Gasteiger partial charge in [-0.25, -0.2) is 9.50 Å². The van der Waals surface area contributed by atoms with Gasteiger partial charge < -0.3 is 5.32 Å². The summed E-state index contributed by atoms with van der Waals surface area (Å²) in [5.41, 5.74) is 4.81. The molecule has 0 spiro atoms. The zero-order chi connectivity index (χ0) is 20.4. The van der Waals surface area contributed by atoms with E-state index in [2.05, 4.69) is 30.6 Å². The lowest BCUT2D eigenvalue weighted by Gasteiger charge is -2.07. The maximum absolute atomic E-state index is 12.7. The van der Waals surface area contributed by atoms with E-state index in [1.807, 2.05) is 57.2 Å². The first-order valence-electron chi connectivity index (χ1n) is 9.08. The first-order valence-corrected chi connectivity index (χ1v) is 9.08. The van der Waals surface area contributed by atoms with Crippen molar-refractivity contribution in [2.24, 2.45) is 10.2 Å². The minimum Gasteiger partial charge on any atom is -0.317 e. The molecule has 0 fully saturated rings. The Labute approximate surface area is 167 Å². The number of amides is 1.